The Hall–Kier alpha value is -3.07. The summed E-state index contributed by atoms with van der Waals surface area (Å²) in [6.45, 7) is 9.81. The maximum Gasteiger partial charge on any atom is 0.254 e. The number of aryl methyl sites for hydroxylation is 2. The molecule has 1 amide bonds. The van der Waals surface area contributed by atoms with Crippen LogP contribution in [-0.2, 0) is 13.1 Å². The van der Waals surface area contributed by atoms with Crippen molar-refractivity contribution in [2.45, 2.75) is 26.9 Å². The Morgan fingerprint density at radius 2 is 1.81 bits per heavy atom. The summed E-state index contributed by atoms with van der Waals surface area (Å²) < 4.78 is 2.20. The van der Waals surface area contributed by atoms with Gasteiger partial charge in [0.05, 0.1) is 6.54 Å². The molecule has 0 aliphatic carbocycles. The third kappa shape index (κ3) is 4.76. The lowest BCUT2D eigenvalue weighted by Gasteiger charge is -2.22. The number of aromatic nitrogens is 1. The molecule has 0 aliphatic rings. The zero-order chi connectivity index (χ0) is 19.2. The molecule has 27 heavy (non-hydrogen) atoms. The van der Waals surface area contributed by atoms with Gasteiger partial charge in [-0.2, -0.15) is 0 Å². The molecule has 138 valence electrons. The summed E-state index contributed by atoms with van der Waals surface area (Å²) in [6, 6.07) is 20.4. The van der Waals surface area contributed by atoms with Crippen LogP contribution >= 0.6 is 0 Å². The van der Waals surface area contributed by atoms with Crippen molar-refractivity contribution in [1.29, 1.82) is 0 Å². The number of rotatable bonds is 7. The fraction of sp³-hybridized carbons (Fsp3) is 0.208. The van der Waals surface area contributed by atoms with Crippen LogP contribution < -0.4 is 0 Å². The van der Waals surface area contributed by atoms with Crippen LogP contribution in [0, 0.1) is 13.8 Å². The van der Waals surface area contributed by atoms with Crippen molar-refractivity contribution in [1.82, 2.24) is 9.47 Å². The zero-order valence-electron chi connectivity index (χ0n) is 16.1. The Kier molecular flexibility index (Phi) is 5.92. The van der Waals surface area contributed by atoms with Crippen LogP contribution in [0.1, 0.15) is 32.7 Å². The Bertz CT molecular complexity index is 922. The van der Waals surface area contributed by atoms with Gasteiger partial charge < -0.3 is 9.47 Å². The Balaban J connectivity index is 1.79. The number of nitrogens with zero attached hydrogens (tertiary/aromatic N) is 2. The number of carbonyl (C=O) groups excluding carboxylic acids is 1. The Labute approximate surface area is 161 Å². The molecule has 0 saturated carbocycles. The van der Waals surface area contributed by atoms with Gasteiger partial charge in [-0.25, -0.2) is 0 Å². The van der Waals surface area contributed by atoms with Crippen molar-refractivity contribution in [3.05, 3.63) is 107 Å². The van der Waals surface area contributed by atoms with Crippen LogP contribution in [0.15, 0.2) is 79.5 Å². The van der Waals surface area contributed by atoms with Crippen LogP contribution in [0.25, 0.3) is 0 Å². The lowest BCUT2D eigenvalue weighted by Crippen LogP contribution is -2.31. The molecule has 1 aromatic heterocycles. The molecule has 0 radical (unpaired) electrons. The number of hydrogen-bond acceptors (Lipinski definition) is 1. The zero-order valence-corrected chi connectivity index (χ0v) is 16.1. The van der Waals surface area contributed by atoms with Gasteiger partial charge >= 0.3 is 0 Å². The molecule has 1 heterocycles. The maximum atomic E-state index is 13.0. The van der Waals surface area contributed by atoms with E-state index in [2.05, 4.69) is 54.6 Å². The van der Waals surface area contributed by atoms with Crippen molar-refractivity contribution in [3.63, 3.8) is 0 Å². The summed E-state index contributed by atoms with van der Waals surface area (Å²) in [5, 5.41) is 0. The lowest BCUT2D eigenvalue weighted by atomic mass is 10.1. The standard InChI is InChI=1S/C24H26N2O/c1-4-14-26(24(27)22-12-10-19(2)11-13-22)18-23-9-6-15-25(23)17-21-8-5-7-20(3)16-21/h4-13,15-16H,1,14,17-18H2,2-3H3. The van der Waals surface area contributed by atoms with Gasteiger partial charge in [0.15, 0.2) is 0 Å². The third-order valence-electron chi connectivity index (χ3n) is 4.65. The van der Waals surface area contributed by atoms with Crippen LogP contribution in [0.5, 0.6) is 0 Å². The van der Waals surface area contributed by atoms with Crippen LogP contribution in [-0.4, -0.2) is 21.9 Å². The second-order valence-electron chi connectivity index (χ2n) is 6.96. The van der Waals surface area contributed by atoms with Crippen molar-refractivity contribution in [2.24, 2.45) is 0 Å². The minimum absolute atomic E-state index is 0.0261. The first-order chi connectivity index (χ1) is 13.1. The highest BCUT2D eigenvalue weighted by molar-refractivity contribution is 5.94. The fourth-order valence-electron chi connectivity index (χ4n) is 3.20. The van der Waals surface area contributed by atoms with Crippen LogP contribution in [0.3, 0.4) is 0 Å². The summed E-state index contributed by atoms with van der Waals surface area (Å²) in [6.07, 6.45) is 3.85. The minimum Gasteiger partial charge on any atom is -0.345 e. The van der Waals surface area contributed by atoms with Crippen molar-refractivity contribution in [2.75, 3.05) is 6.54 Å². The smallest absolute Gasteiger partial charge is 0.254 e. The summed E-state index contributed by atoms with van der Waals surface area (Å²) in [5.41, 5.74) is 5.48. The summed E-state index contributed by atoms with van der Waals surface area (Å²) in [4.78, 5) is 14.8. The molecular formula is C24H26N2O. The molecule has 3 heteroatoms. The van der Waals surface area contributed by atoms with E-state index in [1.165, 1.54) is 11.1 Å². The second-order valence-corrected chi connectivity index (χ2v) is 6.96. The molecule has 0 atom stereocenters. The largest absolute Gasteiger partial charge is 0.345 e. The number of amides is 1. The normalized spacial score (nSPS) is 10.6. The van der Waals surface area contributed by atoms with Gasteiger partial charge in [-0.1, -0.05) is 53.6 Å². The van der Waals surface area contributed by atoms with E-state index in [0.717, 1.165) is 17.8 Å². The molecule has 0 spiro atoms. The molecular weight excluding hydrogens is 332 g/mol. The van der Waals surface area contributed by atoms with Gasteiger partial charge in [0.2, 0.25) is 0 Å². The molecule has 0 unspecified atom stereocenters. The van der Waals surface area contributed by atoms with Crippen LogP contribution in [0.2, 0.25) is 0 Å². The van der Waals surface area contributed by atoms with E-state index in [9.17, 15) is 4.79 Å². The first-order valence-corrected chi connectivity index (χ1v) is 9.23. The Morgan fingerprint density at radius 3 is 2.52 bits per heavy atom. The lowest BCUT2D eigenvalue weighted by molar-refractivity contribution is 0.0759. The molecule has 0 fully saturated rings. The average Bonchev–Trinajstić information content (AvgIpc) is 3.08. The summed E-state index contributed by atoms with van der Waals surface area (Å²) >= 11 is 0. The van der Waals surface area contributed by atoms with Gasteiger partial charge in [-0.3, -0.25) is 4.79 Å². The molecule has 0 saturated heterocycles. The minimum atomic E-state index is 0.0261. The van der Waals surface area contributed by atoms with E-state index in [1.54, 1.807) is 6.08 Å². The fourth-order valence-corrected chi connectivity index (χ4v) is 3.20. The van der Waals surface area contributed by atoms with Gasteiger partial charge in [0, 0.05) is 30.5 Å². The number of hydrogen-bond donors (Lipinski definition) is 0. The highest BCUT2D eigenvalue weighted by Gasteiger charge is 2.16. The summed E-state index contributed by atoms with van der Waals surface area (Å²) in [7, 11) is 0. The van der Waals surface area contributed by atoms with Crippen LogP contribution in [0.4, 0.5) is 0 Å². The highest BCUT2D eigenvalue weighted by atomic mass is 16.2. The van der Waals surface area contributed by atoms with E-state index in [-0.39, 0.29) is 5.91 Å². The molecule has 2 aromatic carbocycles. The monoisotopic (exact) mass is 358 g/mol. The summed E-state index contributed by atoms with van der Waals surface area (Å²) in [5.74, 6) is 0.0261. The number of carbonyl (C=O) groups is 1. The van der Waals surface area contributed by atoms with E-state index >= 15 is 0 Å². The van der Waals surface area contributed by atoms with E-state index < -0.39 is 0 Å². The third-order valence-corrected chi connectivity index (χ3v) is 4.65. The average molecular weight is 358 g/mol. The molecule has 0 bridgehead atoms. The molecule has 0 N–H and O–H groups in total. The van der Waals surface area contributed by atoms with E-state index in [1.807, 2.05) is 42.2 Å². The van der Waals surface area contributed by atoms with E-state index in [0.29, 0.717) is 18.7 Å². The second kappa shape index (κ2) is 8.54. The first kappa shape index (κ1) is 18.7. The quantitative estimate of drug-likeness (QED) is 0.547. The number of benzene rings is 2. The van der Waals surface area contributed by atoms with Gasteiger partial charge in [0.1, 0.15) is 0 Å². The first-order valence-electron chi connectivity index (χ1n) is 9.23. The maximum absolute atomic E-state index is 13.0. The molecule has 3 aromatic rings. The topological polar surface area (TPSA) is 25.2 Å². The van der Waals surface area contributed by atoms with Crippen molar-refractivity contribution in [3.8, 4) is 0 Å². The van der Waals surface area contributed by atoms with Crippen molar-refractivity contribution < 1.29 is 4.79 Å². The molecule has 3 rings (SSSR count). The van der Waals surface area contributed by atoms with Crippen molar-refractivity contribution >= 4 is 5.91 Å². The molecule has 0 aliphatic heterocycles. The molecule has 3 nitrogen and oxygen atoms in total. The predicted molar refractivity (Wildman–Crippen MR) is 111 cm³/mol. The Morgan fingerprint density at radius 1 is 1.04 bits per heavy atom. The van der Waals surface area contributed by atoms with Gasteiger partial charge in [-0.05, 0) is 43.7 Å². The predicted octanol–water partition coefficient (Wildman–Crippen LogP) is 4.98. The van der Waals surface area contributed by atoms with E-state index in [4.69, 9.17) is 0 Å². The van der Waals surface area contributed by atoms with Gasteiger partial charge in [0.25, 0.3) is 5.91 Å². The highest BCUT2D eigenvalue weighted by Crippen LogP contribution is 2.14. The SMILES string of the molecule is C=CCN(Cc1cccn1Cc1cccc(C)c1)C(=O)c1ccc(C)cc1. The van der Waals surface area contributed by atoms with Gasteiger partial charge in [-0.15, -0.1) is 6.58 Å².